The molecule has 0 aliphatic heterocycles. The van der Waals surface area contributed by atoms with Gasteiger partial charge in [0.1, 0.15) is 0 Å². The lowest BCUT2D eigenvalue weighted by Gasteiger charge is -2.22. The van der Waals surface area contributed by atoms with E-state index < -0.39 is 10.0 Å². The minimum atomic E-state index is -3.79. The van der Waals surface area contributed by atoms with Crippen LogP contribution in [0.2, 0.25) is 5.02 Å². The zero-order chi connectivity index (χ0) is 20.3. The normalized spacial score (nSPS) is 12.1. The second kappa shape index (κ2) is 8.21. The Bertz CT molecular complexity index is 1100. The Hall–Kier alpha value is -2.56. The third-order valence-corrected chi connectivity index (χ3v) is 6.51. The fourth-order valence-electron chi connectivity index (χ4n) is 2.82. The minimum Gasteiger partial charge on any atom is -0.242 e. The molecule has 0 aromatic heterocycles. The molecule has 3 aromatic carbocycles. The van der Waals surface area contributed by atoms with E-state index in [4.69, 9.17) is 11.6 Å². The summed E-state index contributed by atoms with van der Waals surface area (Å²) in [6, 6.07) is 21.6. The van der Waals surface area contributed by atoms with Gasteiger partial charge in [0.15, 0.2) is 0 Å². The third-order valence-electron chi connectivity index (χ3n) is 4.48. The number of anilines is 1. The lowest BCUT2D eigenvalue weighted by atomic mass is 10.1. The average molecular weight is 412 g/mol. The smallest absolute Gasteiger partial charge is 0.242 e. The monoisotopic (exact) mass is 411 g/mol. The molecular weight excluding hydrogens is 390 g/mol. The van der Waals surface area contributed by atoms with Crippen LogP contribution in [0.15, 0.2) is 83.9 Å². The van der Waals surface area contributed by atoms with E-state index in [0.717, 1.165) is 22.3 Å². The van der Waals surface area contributed by atoms with E-state index in [1.807, 2.05) is 51.1 Å². The third kappa shape index (κ3) is 4.29. The maximum Gasteiger partial charge on any atom is 0.268 e. The van der Waals surface area contributed by atoms with Crippen molar-refractivity contribution in [3.8, 4) is 0 Å². The van der Waals surface area contributed by atoms with Gasteiger partial charge in [-0.25, -0.2) is 12.7 Å². The highest BCUT2D eigenvalue weighted by Gasteiger charge is 2.24. The highest BCUT2D eigenvalue weighted by Crippen LogP contribution is 2.29. The molecule has 0 spiro atoms. The summed E-state index contributed by atoms with van der Waals surface area (Å²) in [4.78, 5) is 0.238. The highest BCUT2D eigenvalue weighted by atomic mass is 35.5. The van der Waals surface area contributed by atoms with Gasteiger partial charge in [-0.05, 0) is 62.2 Å². The molecule has 0 N–H and O–H groups in total. The first-order valence-corrected chi connectivity index (χ1v) is 10.7. The number of nitrogens with zero attached hydrogens (tertiary/aromatic N) is 1. The number of sulfonamides is 1. The fourth-order valence-corrected chi connectivity index (χ4v) is 4.51. The van der Waals surface area contributed by atoms with Gasteiger partial charge in [0.05, 0.1) is 10.6 Å². The van der Waals surface area contributed by atoms with Crippen molar-refractivity contribution in [1.29, 1.82) is 0 Å². The van der Waals surface area contributed by atoms with Crippen molar-refractivity contribution in [3.63, 3.8) is 0 Å². The first kappa shape index (κ1) is 20.2. The number of benzene rings is 3. The zero-order valence-corrected chi connectivity index (χ0v) is 17.6. The predicted molar refractivity (Wildman–Crippen MR) is 117 cm³/mol. The van der Waals surface area contributed by atoms with Crippen LogP contribution in [0.4, 0.5) is 5.69 Å². The fraction of sp³-hybridized carbons (Fsp3) is 0.130. The molecule has 0 aliphatic rings. The molecule has 28 heavy (non-hydrogen) atoms. The van der Waals surface area contributed by atoms with Crippen LogP contribution in [0.25, 0.3) is 5.57 Å². The Kier molecular flexibility index (Phi) is 5.92. The van der Waals surface area contributed by atoms with Gasteiger partial charge in [0, 0.05) is 11.2 Å². The van der Waals surface area contributed by atoms with Crippen molar-refractivity contribution in [2.45, 2.75) is 25.7 Å². The van der Waals surface area contributed by atoms with Gasteiger partial charge < -0.3 is 0 Å². The van der Waals surface area contributed by atoms with Crippen molar-refractivity contribution in [2.24, 2.45) is 0 Å². The number of rotatable bonds is 5. The molecule has 5 heteroatoms. The molecule has 0 unspecified atom stereocenters. The molecule has 0 saturated carbocycles. The summed E-state index contributed by atoms with van der Waals surface area (Å²) < 4.78 is 28.2. The second-order valence-corrected chi connectivity index (χ2v) is 8.96. The van der Waals surface area contributed by atoms with Gasteiger partial charge >= 0.3 is 0 Å². The van der Waals surface area contributed by atoms with E-state index in [2.05, 4.69) is 0 Å². The quantitative estimate of drug-likeness (QED) is 0.500. The predicted octanol–water partition coefficient (Wildman–Crippen LogP) is 6.21. The molecule has 0 bridgehead atoms. The summed E-state index contributed by atoms with van der Waals surface area (Å²) in [6.07, 6.45) is 1.63. The molecular formula is C23H22ClNO2S. The summed E-state index contributed by atoms with van der Waals surface area (Å²) in [6.45, 7) is 5.75. The second-order valence-electron chi connectivity index (χ2n) is 6.74. The number of hydrogen-bond donors (Lipinski definition) is 0. The number of aryl methyl sites for hydroxylation is 2. The van der Waals surface area contributed by atoms with E-state index >= 15 is 0 Å². The Labute approximate surface area is 172 Å². The van der Waals surface area contributed by atoms with Crippen LogP contribution in [-0.4, -0.2) is 8.42 Å². The van der Waals surface area contributed by atoms with Gasteiger partial charge in [-0.3, -0.25) is 0 Å². The van der Waals surface area contributed by atoms with Crippen molar-refractivity contribution in [2.75, 3.05) is 4.31 Å². The van der Waals surface area contributed by atoms with Crippen LogP contribution in [0.1, 0.15) is 23.6 Å². The Morgan fingerprint density at radius 3 is 1.96 bits per heavy atom. The molecule has 0 fully saturated rings. The van der Waals surface area contributed by atoms with Crippen LogP contribution in [-0.2, 0) is 10.0 Å². The van der Waals surface area contributed by atoms with E-state index in [1.165, 1.54) is 4.31 Å². The molecule has 0 radical (unpaired) electrons. The number of allylic oxidation sites excluding steroid dienone is 1. The first-order chi connectivity index (χ1) is 13.3. The lowest BCUT2D eigenvalue weighted by molar-refractivity contribution is 0.596. The number of hydrogen-bond acceptors (Lipinski definition) is 2. The van der Waals surface area contributed by atoms with Crippen molar-refractivity contribution >= 4 is 32.9 Å². The molecule has 144 valence electrons. The van der Waals surface area contributed by atoms with Crippen molar-refractivity contribution < 1.29 is 8.42 Å². The first-order valence-electron chi connectivity index (χ1n) is 8.90. The summed E-state index contributed by atoms with van der Waals surface area (Å²) in [5.74, 6) is 0. The van der Waals surface area contributed by atoms with E-state index in [0.29, 0.717) is 10.7 Å². The van der Waals surface area contributed by atoms with Crippen molar-refractivity contribution in [1.82, 2.24) is 0 Å². The van der Waals surface area contributed by atoms with E-state index in [-0.39, 0.29) is 4.90 Å². The molecule has 0 heterocycles. The van der Waals surface area contributed by atoms with Crippen LogP contribution in [0.3, 0.4) is 0 Å². The van der Waals surface area contributed by atoms with Gasteiger partial charge in [-0.15, -0.1) is 0 Å². The maximum absolute atomic E-state index is 13.4. The summed E-state index contributed by atoms with van der Waals surface area (Å²) in [5.41, 5.74) is 4.17. The van der Waals surface area contributed by atoms with Gasteiger partial charge in [-0.1, -0.05) is 65.2 Å². The highest BCUT2D eigenvalue weighted by molar-refractivity contribution is 7.93. The van der Waals surface area contributed by atoms with Gasteiger partial charge in [0.2, 0.25) is 0 Å². The molecule has 3 rings (SSSR count). The SMILES string of the molecule is CC(=CN(c1ccc(C)cc1)S(=O)(=O)c1ccc(C)cc1)c1ccccc1Cl. The molecule has 3 aromatic rings. The zero-order valence-electron chi connectivity index (χ0n) is 16.1. The summed E-state index contributed by atoms with van der Waals surface area (Å²) in [7, 11) is -3.79. The van der Waals surface area contributed by atoms with Gasteiger partial charge in [0.25, 0.3) is 10.0 Å². The molecule has 0 amide bonds. The maximum atomic E-state index is 13.4. The number of halogens is 1. The lowest BCUT2D eigenvalue weighted by Crippen LogP contribution is -2.26. The summed E-state index contributed by atoms with van der Waals surface area (Å²) >= 11 is 6.31. The molecule has 3 nitrogen and oxygen atoms in total. The van der Waals surface area contributed by atoms with E-state index in [1.54, 1.807) is 48.7 Å². The van der Waals surface area contributed by atoms with Gasteiger partial charge in [-0.2, -0.15) is 0 Å². The van der Waals surface area contributed by atoms with E-state index in [9.17, 15) is 8.42 Å². The Balaban J connectivity index is 2.15. The Morgan fingerprint density at radius 2 is 1.39 bits per heavy atom. The Morgan fingerprint density at radius 1 is 0.857 bits per heavy atom. The molecule has 0 saturated heterocycles. The minimum absolute atomic E-state index is 0.238. The summed E-state index contributed by atoms with van der Waals surface area (Å²) in [5, 5.41) is 0.577. The molecule has 0 aliphatic carbocycles. The largest absolute Gasteiger partial charge is 0.268 e. The van der Waals surface area contributed by atoms with Crippen LogP contribution in [0.5, 0.6) is 0 Å². The van der Waals surface area contributed by atoms with Crippen molar-refractivity contribution in [3.05, 3.63) is 101 Å². The molecule has 0 atom stereocenters. The van der Waals surface area contributed by atoms with Crippen LogP contribution >= 0.6 is 11.6 Å². The average Bonchev–Trinajstić information content (AvgIpc) is 2.67. The topological polar surface area (TPSA) is 37.4 Å². The van der Waals surface area contributed by atoms with Crippen LogP contribution in [0, 0.1) is 13.8 Å². The van der Waals surface area contributed by atoms with Crippen LogP contribution < -0.4 is 4.31 Å². The standard InChI is InChI=1S/C23H22ClNO2S/c1-17-8-12-20(13-9-17)25(16-19(3)22-6-4-5-7-23(22)24)28(26,27)21-14-10-18(2)11-15-21/h4-16H,1-3H3.